The molecule has 0 unspecified atom stereocenters. The molecule has 1 N–H and O–H groups in total. The van der Waals surface area contributed by atoms with Crippen LogP contribution in [0.1, 0.15) is 39.2 Å². The molecule has 0 saturated heterocycles. The van der Waals surface area contributed by atoms with Gasteiger partial charge in [0.15, 0.2) is 5.75 Å². The topological polar surface area (TPSA) is 52.5 Å². The third kappa shape index (κ3) is 6.28. The first-order valence-corrected chi connectivity index (χ1v) is 11.3. The van der Waals surface area contributed by atoms with E-state index in [9.17, 15) is 4.79 Å². The second-order valence-corrected chi connectivity index (χ2v) is 8.48. The van der Waals surface area contributed by atoms with Gasteiger partial charge in [-0.1, -0.05) is 47.6 Å². The van der Waals surface area contributed by atoms with Crippen molar-refractivity contribution >= 4 is 16.6 Å². The molecule has 0 bridgehead atoms. The number of nitrogens with one attached hydrogen (secondary N) is 1. The fourth-order valence-electron chi connectivity index (χ4n) is 3.67. The van der Waals surface area contributed by atoms with Gasteiger partial charge in [0.1, 0.15) is 6.61 Å². The van der Waals surface area contributed by atoms with E-state index in [2.05, 4.69) is 50.4 Å². The number of ether oxygens (including phenoxy) is 2. The number of nitrogens with zero attached hydrogens (tertiary/aromatic N) is 1. The van der Waals surface area contributed by atoms with Gasteiger partial charge in [0.25, 0.3) is 5.56 Å². The molecule has 0 spiro atoms. The number of aromatic nitrogens is 1. The third-order valence-corrected chi connectivity index (χ3v) is 5.60. The predicted octanol–water partition coefficient (Wildman–Crippen LogP) is 6.23. The van der Waals surface area contributed by atoms with E-state index in [-0.39, 0.29) is 11.3 Å². The van der Waals surface area contributed by atoms with Crippen molar-refractivity contribution in [2.24, 2.45) is 7.05 Å². The number of allylic oxidation sites excluding steroid dienone is 3. The van der Waals surface area contributed by atoms with Crippen LogP contribution in [0.3, 0.4) is 0 Å². The maximum absolute atomic E-state index is 12.9. The molecule has 0 radical (unpaired) electrons. The molecule has 0 aliphatic heterocycles. The fraction of sp³-hybridized carbons (Fsp3) is 0.321. The summed E-state index contributed by atoms with van der Waals surface area (Å²) < 4.78 is 13.1. The Morgan fingerprint density at radius 3 is 2.48 bits per heavy atom. The van der Waals surface area contributed by atoms with Gasteiger partial charge in [0.05, 0.1) is 12.6 Å². The van der Waals surface area contributed by atoms with Crippen molar-refractivity contribution in [2.75, 3.05) is 19.0 Å². The number of hydrogen-bond acceptors (Lipinski definition) is 4. The van der Waals surface area contributed by atoms with Gasteiger partial charge < -0.3 is 19.4 Å². The van der Waals surface area contributed by atoms with Crippen LogP contribution in [0.4, 0.5) is 5.69 Å². The summed E-state index contributed by atoms with van der Waals surface area (Å²) in [5, 5.41) is 4.27. The summed E-state index contributed by atoms with van der Waals surface area (Å²) in [6, 6.07) is 16.2. The highest BCUT2D eigenvalue weighted by Gasteiger charge is 2.17. The molecule has 5 nitrogen and oxygen atoms in total. The van der Waals surface area contributed by atoms with Crippen LogP contribution in [0.2, 0.25) is 0 Å². The number of hydrogen-bond donors (Lipinski definition) is 1. The van der Waals surface area contributed by atoms with Crippen molar-refractivity contribution in [3.63, 3.8) is 0 Å². The molecule has 3 rings (SSSR count). The molecule has 0 fully saturated rings. The van der Waals surface area contributed by atoms with Crippen LogP contribution in [-0.2, 0) is 13.6 Å². The van der Waals surface area contributed by atoms with Gasteiger partial charge in [-0.15, -0.1) is 0 Å². The lowest BCUT2D eigenvalue weighted by molar-refractivity contribution is 0.325. The molecule has 3 aromatic rings. The predicted molar refractivity (Wildman–Crippen MR) is 137 cm³/mol. The van der Waals surface area contributed by atoms with E-state index in [1.54, 1.807) is 11.6 Å². The summed E-state index contributed by atoms with van der Waals surface area (Å²) in [5.74, 6) is 0.712. The Bertz CT molecular complexity index is 1200. The van der Waals surface area contributed by atoms with Crippen molar-refractivity contribution in [3.8, 4) is 11.5 Å². The summed E-state index contributed by atoms with van der Waals surface area (Å²) >= 11 is 0. The first-order valence-electron chi connectivity index (χ1n) is 11.3. The summed E-state index contributed by atoms with van der Waals surface area (Å²) in [7, 11) is 3.26. The van der Waals surface area contributed by atoms with E-state index in [0.717, 1.165) is 29.4 Å². The molecule has 5 heteroatoms. The van der Waals surface area contributed by atoms with Gasteiger partial charge in [0, 0.05) is 24.7 Å². The van der Waals surface area contributed by atoms with Crippen molar-refractivity contribution in [3.05, 3.63) is 87.7 Å². The number of methoxy groups -OCH3 is 1. The average molecular weight is 447 g/mol. The molecule has 0 aliphatic carbocycles. The molecule has 1 heterocycles. The number of fused-ring (bicyclic) bond motifs is 1. The van der Waals surface area contributed by atoms with Crippen molar-refractivity contribution in [2.45, 2.75) is 40.2 Å². The largest absolute Gasteiger partial charge is 0.488 e. The Kier molecular flexibility index (Phi) is 8.36. The average Bonchev–Trinajstić information content (AvgIpc) is 2.81. The zero-order valence-electron chi connectivity index (χ0n) is 20.3. The van der Waals surface area contributed by atoms with Crippen LogP contribution in [-0.4, -0.2) is 18.3 Å². The monoisotopic (exact) mass is 446 g/mol. The summed E-state index contributed by atoms with van der Waals surface area (Å²) in [6.07, 6.45) is 6.30. The molecular formula is C28H34N2O3. The fourth-order valence-corrected chi connectivity index (χ4v) is 3.67. The van der Waals surface area contributed by atoms with Crippen molar-refractivity contribution in [1.29, 1.82) is 0 Å². The Balaban J connectivity index is 1.84. The molecule has 174 valence electrons. The van der Waals surface area contributed by atoms with Crippen molar-refractivity contribution in [1.82, 2.24) is 4.57 Å². The Labute approximate surface area is 196 Å². The summed E-state index contributed by atoms with van der Waals surface area (Å²) in [5.41, 5.74) is 5.28. The van der Waals surface area contributed by atoms with Gasteiger partial charge in [0.2, 0.25) is 5.75 Å². The molecule has 0 aliphatic rings. The molecule has 2 aromatic carbocycles. The molecular weight excluding hydrogens is 412 g/mol. The van der Waals surface area contributed by atoms with Gasteiger partial charge in [-0.05, 0) is 63.5 Å². The molecule has 1 aromatic heterocycles. The van der Waals surface area contributed by atoms with Crippen LogP contribution in [0.25, 0.3) is 10.9 Å². The minimum atomic E-state index is -0.218. The van der Waals surface area contributed by atoms with Crippen LogP contribution in [0.5, 0.6) is 11.5 Å². The lowest BCUT2D eigenvalue weighted by Gasteiger charge is -2.16. The third-order valence-electron chi connectivity index (χ3n) is 5.60. The number of rotatable bonds is 10. The molecule has 0 saturated carbocycles. The first-order chi connectivity index (χ1) is 15.9. The quantitative estimate of drug-likeness (QED) is 0.375. The van der Waals surface area contributed by atoms with Gasteiger partial charge in [-0.25, -0.2) is 0 Å². The Hall–Kier alpha value is -3.47. The highest BCUT2D eigenvalue weighted by molar-refractivity contribution is 5.90. The van der Waals surface area contributed by atoms with Crippen molar-refractivity contribution < 1.29 is 9.47 Å². The second-order valence-electron chi connectivity index (χ2n) is 8.48. The maximum atomic E-state index is 12.9. The van der Waals surface area contributed by atoms with E-state index in [0.29, 0.717) is 18.9 Å². The highest BCUT2D eigenvalue weighted by Crippen LogP contribution is 2.34. The SMILES string of the molecule is COc1c(OCC=C(C)CCC=C(C)C)c2ccc(NCc3ccccc3)cc2n(C)c1=O. The summed E-state index contributed by atoms with van der Waals surface area (Å²) in [6.45, 7) is 7.41. The maximum Gasteiger partial charge on any atom is 0.297 e. The van der Waals surface area contributed by atoms with E-state index < -0.39 is 0 Å². The van der Waals surface area contributed by atoms with Crippen LogP contribution >= 0.6 is 0 Å². The van der Waals surface area contributed by atoms with Gasteiger partial charge >= 0.3 is 0 Å². The second kappa shape index (κ2) is 11.4. The van der Waals surface area contributed by atoms with Crippen LogP contribution < -0.4 is 20.3 Å². The lowest BCUT2D eigenvalue weighted by Crippen LogP contribution is -2.20. The zero-order chi connectivity index (χ0) is 23.8. The Morgan fingerprint density at radius 2 is 1.79 bits per heavy atom. The normalized spacial score (nSPS) is 11.4. The van der Waals surface area contributed by atoms with E-state index in [1.165, 1.54) is 23.8 Å². The number of aryl methyl sites for hydroxylation is 1. The van der Waals surface area contributed by atoms with Gasteiger partial charge in [-0.2, -0.15) is 0 Å². The summed E-state index contributed by atoms with van der Waals surface area (Å²) in [4.78, 5) is 12.9. The number of benzene rings is 2. The molecule has 0 atom stereocenters. The first kappa shape index (κ1) is 24.2. The molecule has 33 heavy (non-hydrogen) atoms. The van der Waals surface area contributed by atoms with E-state index in [4.69, 9.17) is 9.47 Å². The van der Waals surface area contributed by atoms with Crippen LogP contribution in [0.15, 0.2) is 76.6 Å². The van der Waals surface area contributed by atoms with E-state index >= 15 is 0 Å². The zero-order valence-corrected chi connectivity index (χ0v) is 20.3. The van der Waals surface area contributed by atoms with E-state index in [1.807, 2.05) is 36.4 Å². The minimum absolute atomic E-state index is 0.218. The van der Waals surface area contributed by atoms with Gasteiger partial charge in [-0.3, -0.25) is 4.79 Å². The smallest absolute Gasteiger partial charge is 0.297 e. The van der Waals surface area contributed by atoms with Crippen LogP contribution in [0, 0.1) is 0 Å². The molecule has 0 amide bonds. The Morgan fingerprint density at radius 1 is 1.03 bits per heavy atom. The highest BCUT2D eigenvalue weighted by atomic mass is 16.5. The lowest BCUT2D eigenvalue weighted by atomic mass is 10.1. The number of pyridine rings is 1. The standard InChI is InChI=1S/C28H34N2O3/c1-20(2)10-9-11-21(3)16-17-33-26-24-15-14-23(29-19-22-12-7-6-8-13-22)18-25(24)30(4)28(31)27(26)32-5/h6-8,10,12-16,18,29H,9,11,17,19H2,1-5H3. The number of anilines is 1. The minimum Gasteiger partial charge on any atom is -0.488 e.